The summed E-state index contributed by atoms with van der Waals surface area (Å²) in [5.41, 5.74) is 13.2. The van der Waals surface area contributed by atoms with Gasteiger partial charge in [-0.2, -0.15) is 0 Å². The highest BCUT2D eigenvalue weighted by atomic mass is 16.1. The smallest absolute Gasteiger partial charge is 0.225 e. The number of nitrogen functional groups attached to an aromatic ring is 1. The maximum Gasteiger partial charge on any atom is 0.225 e. The molecule has 0 aliphatic heterocycles. The van der Waals surface area contributed by atoms with Crippen molar-refractivity contribution in [3.63, 3.8) is 0 Å². The maximum absolute atomic E-state index is 9.96. The molecule has 1 aromatic carbocycles. The Labute approximate surface area is 70.7 Å². The van der Waals surface area contributed by atoms with Gasteiger partial charge in [0, 0.05) is 5.69 Å². The molecular formula is C8H11N3O. The van der Waals surface area contributed by atoms with Crippen molar-refractivity contribution in [2.24, 2.45) is 0 Å². The Morgan fingerprint density at radius 3 is 2.83 bits per heavy atom. The van der Waals surface area contributed by atoms with Gasteiger partial charge >= 0.3 is 0 Å². The maximum atomic E-state index is 9.96. The van der Waals surface area contributed by atoms with E-state index in [-0.39, 0.29) is 0 Å². The zero-order valence-corrected chi connectivity index (χ0v) is 6.79. The lowest BCUT2D eigenvalue weighted by Crippen LogP contribution is -2.19. The number of rotatable bonds is 3. The largest absolute Gasteiger partial charge is 0.399 e. The minimum atomic E-state index is 0.579. The van der Waals surface area contributed by atoms with Gasteiger partial charge in [-0.15, -0.1) is 0 Å². The molecule has 4 heteroatoms. The average molecular weight is 165 g/mol. The molecule has 12 heavy (non-hydrogen) atoms. The van der Waals surface area contributed by atoms with E-state index in [0.717, 1.165) is 11.3 Å². The average Bonchev–Trinajstić information content (AvgIpc) is 2.03. The lowest BCUT2D eigenvalue weighted by Gasteiger charge is -2.07. The van der Waals surface area contributed by atoms with Crippen molar-refractivity contribution in [1.29, 1.82) is 0 Å². The molecule has 1 aromatic rings. The number of hydrogen-bond donors (Lipinski definition) is 3. The summed E-state index contributed by atoms with van der Waals surface area (Å²) in [5, 5.41) is 0. The van der Waals surface area contributed by atoms with E-state index >= 15 is 0 Å². The molecule has 0 aromatic heterocycles. The van der Waals surface area contributed by atoms with Crippen molar-refractivity contribution < 1.29 is 4.79 Å². The Kier molecular flexibility index (Phi) is 2.53. The fraction of sp³-hybridized carbons (Fsp3) is 0.125. The van der Waals surface area contributed by atoms with Crippen LogP contribution < -0.4 is 16.6 Å². The van der Waals surface area contributed by atoms with Crippen LogP contribution in [0.5, 0.6) is 0 Å². The van der Waals surface area contributed by atoms with Crippen molar-refractivity contribution in [2.75, 3.05) is 11.2 Å². The standard InChI is InChI=1S/C8H11N3O/c1-6-4-7(9)2-3-8(6)11-10-5-12/h2-5,11H,9H2,1H3,(H,10,12). The highest BCUT2D eigenvalue weighted by Gasteiger charge is 1.95. The van der Waals surface area contributed by atoms with Crippen LogP contribution in [-0.4, -0.2) is 6.41 Å². The SMILES string of the molecule is Cc1cc(N)ccc1NNC=O. The molecule has 0 heterocycles. The van der Waals surface area contributed by atoms with Crippen LogP contribution in [-0.2, 0) is 4.79 Å². The highest BCUT2D eigenvalue weighted by molar-refractivity contribution is 5.60. The van der Waals surface area contributed by atoms with Crippen molar-refractivity contribution in [3.8, 4) is 0 Å². The second-order valence-electron chi connectivity index (χ2n) is 2.46. The molecule has 0 radical (unpaired) electrons. The van der Waals surface area contributed by atoms with Crippen molar-refractivity contribution in [1.82, 2.24) is 5.43 Å². The summed E-state index contributed by atoms with van der Waals surface area (Å²) in [6.07, 6.45) is 0.579. The molecular weight excluding hydrogens is 154 g/mol. The monoisotopic (exact) mass is 165 g/mol. The van der Waals surface area contributed by atoms with Crippen LogP contribution in [0.3, 0.4) is 0 Å². The van der Waals surface area contributed by atoms with E-state index in [1.165, 1.54) is 0 Å². The van der Waals surface area contributed by atoms with E-state index in [9.17, 15) is 4.79 Å². The van der Waals surface area contributed by atoms with Crippen LogP contribution in [0.15, 0.2) is 18.2 Å². The number of hydrazine groups is 1. The Morgan fingerprint density at radius 1 is 1.50 bits per heavy atom. The highest BCUT2D eigenvalue weighted by Crippen LogP contribution is 2.16. The lowest BCUT2D eigenvalue weighted by atomic mass is 10.2. The van der Waals surface area contributed by atoms with E-state index in [0.29, 0.717) is 12.1 Å². The minimum absolute atomic E-state index is 0.579. The van der Waals surface area contributed by atoms with Gasteiger partial charge in [0.1, 0.15) is 0 Å². The molecule has 0 aliphatic rings. The van der Waals surface area contributed by atoms with Crippen LogP contribution >= 0.6 is 0 Å². The zero-order chi connectivity index (χ0) is 8.97. The molecule has 0 bridgehead atoms. The first-order valence-electron chi connectivity index (χ1n) is 3.55. The van der Waals surface area contributed by atoms with Crippen LogP contribution in [0.4, 0.5) is 11.4 Å². The molecule has 0 aliphatic carbocycles. The fourth-order valence-electron chi connectivity index (χ4n) is 0.934. The Morgan fingerprint density at radius 2 is 2.25 bits per heavy atom. The summed E-state index contributed by atoms with van der Waals surface area (Å²) in [6, 6.07) is 5.40. The third-order valence-electron chi connectivity index (χ3n) is 1.52. The molecule has 4 N–H and O–H groups in total. The molecule has 0 saturated heterocycles. The number of nitrogens with two attached hydrogens (primary N) is 1. The van der Waals surface area contributed by atoms with E-state index in [4.69, 9.17) is 5.73 Å². The Balaban J connectivity index is 2.78. The van der Waals surface area contributed by atoms with E-state index in [1.807, 2.05) is 13.0 Å². The van der Waals surface area contributed by atoms with Crippen molar-refractivity contribution >= 4 is 17.8 Å². The number of nitrogens with one attached hydrogen (secondary N) is 2. The first-order chi connectivity index (χ1) is 5.74. The van der Waals surface area contributed by atoms with E-state index < -0.39 is 0 Å². The first-order valence-corrected chi connectivity index (χ1v) is 3.55. The fourth-order valence-corrected chi connectivity index (χ4v) is 0.934. The molecule has 1 rings (SSSR count). The van der Waals surface area contributed by atoms with Gasteiger partial charge in [-0.1, -0.05) is 0 Å². The molecule has 0 unspecified atom stereocenters. The summed E-state index contributed by atoms with van der Waals surface area (Å²) in [6.45, 7) is 1.91. The van der Waals surface area contributed by atoms with Crippen LogP contribution in [0.2, 0.25) is 0 Å². The molecule has 64 valence electrons. The van der Waals surface area contributed by atoms with Gasteiger partial charge in [-0.25, -0.2) is 0 Å². The van der Waals surface area contributed by atoms with Gasteiger partial charge in [-0.3, -0.25) is 15.6 Å². The van der Waals surface area contributed by atoms with Crippen LogP contribution in [0.1, 0.15) is 5.56 Å². The number of hydrogen-bond acceptors (Lipinski definition) is 3. The Hall–Kier alpha value is -1.71. The topological polar surface area (TPSA) is 67.2 Å². The van der Waals surface area contributed by atoms with Gasteiger partial charge < -0.3 is 5.73 Å². The van der Waals surface area contributed by atoms with Crippen molar-refractivity contribution in [2.45, 2.75) is 6.92 Å². The number of anilines is 2. The third kappa shape index (κ3) is 1.88. The Bertz CT molecular complexity index is 286. The summed E-state index contributed by atoms with van der Waals surface area (Å²) >= 11 is 0. The zero-order valence-electron chi connectivity index (χ0n) is 6.79. The second kappa shape index (κ2) is 3.61. The number of benzene rings is 1. The molecule has 4 nitrogen and oxygen atoms in total. The third-order valence-corrected chi connectivity index (χ3v) is 1.52. The molecule has 0 saturated carbocycles. The van der Waals surface area contributed by atoms with E-state index in [1.54, 1.807) is 12.1 Å². The summed E-state index contributed by atoms with van der Waals surface area (Å²) in [4.78, 5) is 9.96. The van der Waals surface area contributed by atoms with E-state index in [2.05, 4.69) is 10.9 Å². The first kappa shape index (κ1) is 8.39. The van der Waals surface area contributed by atoms with Crippen LogP contribution in [0.25, 0.3) is 0 Å². The number of amides is 1. The second-order valence-corrected chi connectivity index (χ2v) is 2.46. The van der Waals surface area contributed by atoms with Crippen LogP contribution in [0, 0.1) is 6.92 Å². The summed E-state index contributed by atoms with van der Waals surface area (Å²) in [5.74, 6) is 0. The van der Waals surface area contributed by atoms with Gasteiger partial charge in [-0.05, 0) is 30.7 Å². The van der Waals surface area contributed by atoms with Gasteiger partial charge in [0.2, 0.25) is 6.41 Å². The molecule has 0 fully saturated rings. The number of carbonyl (C=O) groups is 1. The predicted molar refractivity (Wildman–Crippen MR) is 48.4 cm³/mol. The normalized spacial score (nSPS) is 9.08. The molecule has 0 atom stereocenters. The number of aryl methyl sites for hydroxylation is 1. The quantitative estimate of drug-likeness (QED) is 0.350. The van der Waals surface area contributed by atoms with Gasteiger partial charge in [0.05, 0.1) is 5.69 Å². The molecule has 0 spiro atoms. The minimum Gasteiger partial charge on any atom is -0.399 e. The molecule has 1 amide bonds. The summed E-state index contributed by atoms with van der Waals surface area (Å²) < 4.78 is 0. The number of carbonyl (C=O) groups excluding carboxylic acids is 1. The van der Waals surface area contributed by atoms with Gasteiger partial charge in [0.25, 0.3) is 0 Å². The predicted octanol–water partition coefficient (Wildman–Crippen LogP) is 0.650. The summed E-state index contributed by atoms with van der Waals surface area (Å²) in [7, 11) is 0. The van der Waals surface area contributed by atoms with Crippen molar-refractivity contribution in [3.05, 3.63) is 23.8 Å². The lowest BCUT2D eigenvalue weighted by molar-refractivity contribution is -0.109. The van der Waals surface area contributed by atoms with Gasteiger partial charge in [0.15, 0.2) is 0 Å².